The summed E-state index contributed by atoms with van der Waals surface area (Å²) in [5, 5.41) is 0. The van der Waals surface area contributed by atoms with Crippen molar-refractivity contribution in [1.29, 1.82) is 0 Å². The van der Waals surface area contributed by atoms with Gasteiger partial charge in [0, 0.05) is 19.1 Å². The van der Waals surface area contributed by atoms with E-state index in [4.69, 9.17) is 10.5 Å². The zero-order valence-electron chi connectivity index (χ0n) is 12.3. The number of likely N-dealkylation sites (tertiary alicyclic amines) is 1. The highest BCUT2D eigenvalue weighted by molar-refractivity contribution is 5.81. The third-order valence-electron chi connectivity index (χ3n) is 3.71. The lowest BCUT2D eigenvalue weighted by molar-refractivity contribution is -0.138. The molecular weight excluding hydrogens is 252 g/mol. The van der Waals surface area contributed by atoms with Gasteiger partial charge < -0.3 is 15.4 Å². The minimum absolute atomic E-state index is 0.0355. The number of nitrogens with zero attached hydrogens (tertiary/aromatic N) is 1. The van der Waals surface area contributed by atoms with E-state index in [-0.39, 0.29) is 11.9 Å². The van der Waals surface area contributed by atoms with Gasteiger partial charge in [0.25, 0.3) is 5.91 Å². The fourth-order valence-corrected chi connectivity index (χ4v) is 2.50. The quantitative estimate of drug-likeness (QED) is 0.919. The van der Waals surface area contributed by atoms with E-state index in [1.54, 1.807) is 0 Å². The SMILES string of the molecule is CC(Oc1cccc([C@H](C)N)c1)C(=O)N1CCCCC1. The molecule has 0 radical (unpaired) electrons. The summed E-state index contributed by atoms with van der Waals surface area (Å²) in [7, 11) is 0. The van der Waals surface area contributed by atoms with E-state index in [0.717, 1.165) is 31.5 Å². The summed E-state index contributed by atoms with van der Waals surface area (Å²) >= 11 is 0. The first-order valence-corrected chi connectivity index (χ1v) is 7.39. The van der Waals surface area contributed by atoms with Crippen molar-refractivity contribution in [2.45, 2.75) is 45.3 Å². The molecule has 2 atom stereocenters. The van der Waals surface area contributed by atoms with Gasteiger partial charge in [-0.15, -0.1) is 0 Å². The Balaban J connectivity index is 1.97. The number of benzene rings is 1. The molecule has 1 aromatic rings. The summed E-state index contributed by atoms with van der Waals surface area (Å²) in [6.45, 7) is 5.45. The Morgan fingerprint density at radius 1 is 1.25 bits per heavy atom. The van der Waals surface area contributed by atoms with Crippen LogP contribution in [0, 0.1) is 0 Å². The molecule has 1 fully saturated rings. The molecule has 1 aromatic carbocycles. The molecule has 4 nitrogen and oxygen atoms in total. The molecule has 0 aliphatic carbocycles. The normalized spacial score (nSPS) is 18.4. The summed E-state index contributed by atoms with van der Waals surface area (Å²) in [6, 6.07) is 7.61. The predicted octanol–water partition coefficient (Wildman–Crippen LogP) is 2.49. The number of hydrogen-bond acceptors (Lipinski definition) is 3. The molecule has 1 saturated heterocycles. The number of piperidine rings is 1. The average molecular weight is 276 g/mol. The van der Waals surface area contributed by atoms with Crippen LogP contribution < -0.4 is 10.5 Å². The number of ether oxygens (including phenoxy) is 1. The maximum Gasteiger partial charge on any atom is 0.263 e. The second-order valence-corrected chi connectivity index (χ2v) is 5.51. The standard InChI is InChI=1S/C16H24N2O2/c1-12(17)14-7-6-8-15(11-14)20-13(2)16(19)18-9-4-3-5-10-18/h6-8,11-13H,3-5,9-10,17H2,1-2H3/t12-,13?/m0/s1. The molecule has 0 aromatic heterocycles. The van der Waals surface area contributed by atoms with Crippen LogP contribution in [0.25, 0.3) is 0 Å². The summed E-state index contributed by atoms with van der Waals surface area (Å²) in [6.07, 6.45) is 2.96. The van der Waals surface area contributed by atoms with Crippen LogP contribution in [0.2, 0.25) is 0 Å². The molecule has 0 spiro atoms. The van der Waals surface area contributed by atoms with Crippen molar-refractivity contribution in [1.82, 2.24) is 4.90 Å². The van der Waals surface area contributed by atoms with Gasteiger partial charge in [-0.1, -0.05) is 12.1 Å². The Morgan fingerprint density at radius 3 is 2.60 bits per heavy atom. The van der Waals surface area contributed by atoms with Crippen molar-refractivity contribution in [2.75, 3.05) is 13.1 Å². The number of nitrogens with two attached hydrogens (primary N) is 1. The Morgan fingerprint density at radius 2 is 1.95 bits per heavy atom. The molecule has 0 bridgehead atoms. The highest BCUT2D eigenvalue weighted by atomic mass is 16.5. The van der Waals surface area contributed by atoms with Crippen molar-refractivity contribution < 1.29 is 9.53 Å². The van der Waals surface area contributed by atoms with Gasteiger partial charge in [-0.2, -0.15) is 0 Å². The molecule has 1 amide bonds. The van der Waals surface area contributed by atoms with Gasteiger partial charge in [-0.05, 0) is 50.8 Å². The zero-order chi connectivity index (χ0) is 14.5. The molecule has 2 N–H and O–H groups in total. The van der Waals surface area contributed by atoms with Gasteiger partial charge in [0.1, 0.15) is 5.75 Å². The third kappa shape index (κ3) is 3.73. The summed E-state index contributed by atoms with van der Waals surface area (Å²) < 4.78 is 5.77. The molecule has 1 unspecified atom stereocenters. The topological polar surface area (TPSA) is 55.6 Å². The van der Waals surface area contributed by atoms with Crippen molar-refractivity contribution in [3.05, 3.63) is 29.8 Å². The van der Waals surface area contributed by atoms with Gasteiger partial charge in [0.05, 0.1) is 0 Å². The van der Waals surface area contributed by atoms with Gasteiger partial charge in [0.2, 0.25) is 0 Å². The van der Waals surface area contributed by atoms with E-state index in [1.165, 1.54) is 6.42 Å². The first-order valence-electron chi connectivity index (χ1n) is 7.39. The number of rotatable bonds is 4. The molecule has 4 heteroatoms. The highest BCUT2D eigenvalue weighted by Gasteiger charge is 2.23. The number of amides is 1. The average Bonchev–Trinajstić information content (AvgIpc) is 2.47. The lowest BCUT2D eigenvalue weighted by Gasteiger charge is -2.29. The lowest BCUT2D eigenvalue weighted by Crippen LogP contribution is -2.43. The molecule has 2 rings (SSSR count). The Hall–Kier alpha value is -1.55. The molecule has 0 saturated carbocycles. The van der Waals surface area contributed by atoms with Crippen LogP contribution in [0.3, 0.4) is 0 Å². The van der Waals surface area contributed by atoms with E-state index in [2.05, 4.69) is 0 Å². The molecule has 1 heterocycles. The van der Waals surface area contributed by atoms with Crippen molar-refractivity contribution in [3.63, 3.8) is 0 Å². The maximum absolute atomic E-state index is 12.3. The number of hydrogen-bond donors (Lipinski definition) is 1. The van der Waals surface area contributed by atoms with E-state index < -0.39 is 6.10 Å². The first-order chi connectivity index (χ1) is 9.58. The van der Waals surface area contributed by atoms with Crippen molar-refractivity contribution in [2.24, 2.45) is 5.73 Å². The van der Waals surface area contributed by atoms with E-state index in [0.29, 0.717) is 5.75 Å². The molecular formula is C16H24N2O2. The van der Waals surface area contributed by atoms with Crippen LogP contribution in [0.1, 0.15) is 44.7 Å². The fourth-order valence-electron chi connectivity index (χ4n) is 2.50. The molecule has 20 heavy (non-hydrogen) atoms. The second kappa shape index (κ2) is 6.75. The summed E-state index contributed by atoms with van der Waals surface area (Å²) in [5.41, 5.74) is 6.87. The second-order valence-electron chi connectivity index (χ2n) is 5.51. The minimum Gasteiger partial charge on any atom is -0.481 e. The van der Waals surface area contributed by atoms with Crippen LogP contribution in [0.5, 0.6) is 5.75 Å². The molecule has 1 aliphatic heterocycles. The number of carbonyl (C=O) groups is 1. The van der Waals surface area contributed by atoms with Crippen LogP contribution >= 0.6 is 0 Å². The van der Waals surface area contributed by atoms with Crippen LogP contribution in [0.4, 0.5) is 0 Å². The Kier molecular flexibility index (Phi) is 5.01. The fraction of sp³-hybridized carbons (Fsp3) is 0.562. The first kappa shape index (κ1) is 14.9. The largest absolute Gasteiger partial charge is 0.481 e. The minimum atomic E-state index is -0.448. The summed E-state index contributed by atoms with van der Waals surface area (Å²) in [5.74, 6) is 0.786. The molecule has 110 valence electrons. The van der Waals surface area contributed by atoms with Crippen molar-refractivity contribution >= 4 is 5.91 Å². The zero-order valence-corrected chi connectivity index (χ0v) is 12.3. The van der Waals surface area contributed by atoms with Crippen molar-refractivity contribution in [3.8, 4) is 5.75 Å². The van der Waals surface area contributed by atoms with E-state index >= 15 is 0 Å². The predicted molar refractivity (Wildman–Crippen MR) is 79.6 cm³/mol. The Labute approximate surface area is 120 Å². The lowest BCUT2D eigenvalue weighted by atomic mass is 10.1. The van der Waals surface area contributed by atoms with Crippen LogP contribution in [-0.2, 0) is 4.79 Å². The summed E-state index contributed by atoms with van der Waals surface area (Å²) in [4.78, 5) is 14.2. The van der Waals surface area contributed by atoms with Gasteiger partial charge >= 0.3 is 0 Å². The number of carbonyl (C=O) groups excluding carboxylic acids is 1. The highest BCUT2D eigenvalue weighted by Crippen LogP contribution is 2.19. The van der Waals surface area contributed by atoms with Gasteiger partial charge in [0.15, 0.2) is 6.10 Å². The van der Waals surface area contributed by atoms with E-state index in [9.17, 15) is 4.79 Å². The maximum atomic E-state index is 12.3. The molecule has 1 aliphatic rings. The van der Waals surface area contributed by atoms with Crippen LogP contribution in [-0.4, -0.2) is 30.0 Å². The third-order valence-corrected chi connectivity index (χ3v) is 3.71. The monoisotopic (exact) mass is 276 g/mol. The van der Waals surface area contributed by atoms with Gasteiger partial charge in [-0.3, -0.25) is 4.79 Å². The Bertz CT molecular complexity index is 454. The van der Waals surface area contributed by atoms with Crippen LogP contribution in [0.15, 0.2) is 24.3 Å². The van der Waals surface area contributed by atoms with E-state index in [1.807, 2.05) is 43.0 Å². The van der Waals surface area contributed by atoms with Gasteiger partial charge in [-0.25, -0.2) is 0 Å². The smallest absolute Gasteiger partial charge is 0.263 e.